The van der Waals surface area contributed by atoms with Crippen LogP contribution in [0.3, 0.4) is 0 Å². The number of nitrogens with zero attached hydrogens (tertiary/aromatic N) is 2. The highest BCUT2D eigenvalue weighted by atomic mass is 32.1. The van der Waals surface area contributed by atoms with Crippen molar-refractivity contribution < 1.29 is 0 Å². The van der Waals surface area contributed by atoms with E-state index in [1.54, 1.807) is 0 Å². The van der Waals surface area contributed by atoms with Crippen molar-refractivity contribution in [3.8, 4) is 10.8 Å². The lowest BCUT2D eigenvalue weighted by Crippen LogP contribution is -1.15. The molecule has 0 radical (unpaired) electrons. The molecule has 0 aliphatic rings. The van der Waals surface area contributed by atoms with Crippen LogP contribution in [0.4, 0.5) is 0 Å². The highest BCUT2D eigenvalue weighted by molar-refractivity contribution is 7.64. The fraction of sp³-hybridized carbons (Fsp3) is 0. The van der Waals surface area contributed by atoms with E-state index in [0.29, 0.717) is 0 Å². The maximum absolute atomic E-state index is 7.13. The van der Waals surface area contributed by atoms with Crippen molar-refractivity contribution in [2.45, 2.75) is 0 Å². The molecule has 7 heavy (non-hydrogen) atoms. The average molecular weight is 134 g/mol. The third kappa shape index (κ3) is 160. The third-order valence-corrected chi connectivity index (χ3v) is 0. The summed E-state index contributed by atoms with van der Waals surface area (Å²) in [5.41, 5.74) is 0. The van der Waals surface area contributed by atoms with Gasteiger partial charge in [-0.2, -0.15) is 0 Å². The minimum atomic E-state index is 0. The summed E-state index contributed by atoms with van der Waals surface area (Å²) >= 11 is 7.40. The Kier molecular flexibility index (Phi) is 125. The van der Waals surface area contributed by atoms with Crippen LogP contribution in [0.25, 0.3) is 0 Å². The molecule has 4 N–H and O–H groups in total. The van der Waals surface area contributed by atoms with E-state index in [9.17, 15) is 0 Å². The highest BCUT2D eigenvalue weighted by Gasteiger charge is 0.869. The highest BCUT2D eigenvalue weighted by Crippen LogP contribution is 1.16. The fourth-order valence-electron chi connectivity index (χ4n) is 0. The molecule has 0 fully saturated rings. The van der Waals surface area contributed by atoms with Gasteiger partial charge in [-0.1, -0.05) is 10.8 Å². The lowest BCUT2D eigenvalue weighted by Gasteiger charge is -1.53. The summed E-state index contributed by atoms with van der Waals surface area (Å²) in [5.74, 6) is 0. The Hall–Kier alpha value is -0.620. The normalized spacial score (nSPS) is 2.00. The van der Waals surface area contributed by atoms with Gasteiger partial charge in [0.1, 0.15) is 0 Å². The fourth-order valence-corrected chi connectivity index (χ4v) is 0. The summed E-state index contributed by atoms with van der Waals surface area (Å²) in [6.45, 7) is 0. The van der Waals surface area contributed by atoms with Crippen LogP contribution in [0, 0.1) is 21.3 Å². The zero-order valence-corrected chi connectivity index (χ0v) is 5.34. The van der Waals surface area contributed by atoms with Gasteiger partial charge in [-0.15, -0.1) is 0 Å². The summed E-state index contributed by atoms with van der Waals surface area (Å²) < 4.78 is 0. The molecule has 5 heteroatoms. The summed E-state index contributed by atoms with van der Waals surface area (Å²) in [5, 5.41) is 16.9. The molecule has 0 spiro atoms. The molecule has 0 aromatic rings. The van der Waals surface area contributed by atoms with Crippen LogP contribution < -0.4 is 6.15 Å². The van der Waals surface area contributed by atoms with Gasteiger partial charge in [0.05, 0.1) is 0 Å². The van der Waals surface area contributed by atoms with Crippen LogP contribution in [-0.4, -0.2) is 0 Å². The van der Waals surface area contributed by atoms with Gasteiger partial charge in [-0.05, 0) is 0 Å². The van der Waals surface area contributed by atoms with Crippen molar-refractivity contribution in [1.82, 2.24) is 6.15 Å². The number of rotatable bonds is 0. The molecule has 0 aliphatic carbocycles. The van der Waals surface area contributed by atoms with Crippen LogP contribution in [-0.2, 0) is 25.3 Å². The molecule has 0 aliphatic heterocycles. The Labute approximate surface area is 53.3 Å². The van der Waals surface area contributed by atoms with Crippen LogP contribution in [0.1, 0.15) is 0 Å². The van der Waals surface area contributed by atoms with E-state index in [1.807, 2.05) is 0 Å². The van der Waals surface area contributed by atoms with Crippen molar-refractivity contribution in [3.63, 3.8) is 0 Å². The first-order chi connectivity index (χ1) is 2.83. The topological polar surface area (TPSA) is 84.1 Å². The Morgan fingerprint density at radius 1 is 1.00 bits per heavy atom. The number of hydrogen-bond donors (Lipinski definition) is 1. The molecule has 0 saturated heterocycles. The molecule has 0 aromatic heterocycles. The average Bonchev–Trinajstić information content (AvgIpc) is 1.39. The standard InChI is InChI=1S/2CHNS.H3N/c2*2-1-3;/h2*3H;1H3/p-1. The van der Waals surface area contributed by atoms with E-state index < -0.39 is 0 Å². The van der Waals surface area contributed by atoms with E-state index in [0.717, 1.165) is 0 Å². The Morgan fingerprint density at radius 3 is 1.00 bits per heavy atom. The van der Waals surface area contributed by atoms with Crippen molar-refractivity contribution in [2.75, 3.05) is 0 Å². The summed E-state index contributed by atoms with van der Waals surface area (Å²) in [4.78, 5) is 0. The van der Waals surface area contributed by atoms with Gasteiger partial charge in [-0.25, -0.2) is 10.5 Å². The van der Waals surface area contributed by atoms with E-state index in [1.165, 1.54) is 10.8 Å². The predicted octanol–water partition coefficient (Wildman–Crippen LogP) is 0.405. The van der Waals surface area contributed by atoms with Crippen molar-refractivity contribution >= 4 is 25.3 Å². The van der Waals surface area contributed by atoms with Gasteiger partial charge in [0.2, 0.25) is 0 Å². The smallest absolute Gasteiger partial charge is 0.0797 e. The number of hydrogen-bond acceptors (Lipinski definition) is 4. The summed E-state index contributed by atoms with van der Waals surface area (Å²) in [7, 11) is 0. The lowest BCUT2D eigenvalue weighted by molar-refractivity contribution is 1.57. The molecule has 0 amide bonds. The van der Waals surface area contributed by atoms with Gasteiger partial charge >= 0.3 is 0 Å². The quantitative estimate of drug-likeness (QED) is 0.384. The van der Waals surface area contributed by atoms with E-state index in [2.05, 4.69) is 25.3 Å². The van der Waals surface area contributed by atoms with Gasteiger partial charge in [0, 0.05) is 0 Å². The zero-order chi connectivity index (χ0) is 5.41. The Morgan fingerprint density at radius 2 is 1.00 bits per heavy atom. The van der Waals surface area contributed by atoms with Gasteiger partial charge < -0.3 is 31.4 Å². The molecule has 0 rings (SSSR count). The molecule has 0 heterocycles. The summed E-state index contributed by atoms with van der Waals surface area (Å²) in [6, 6.07) is 0. The number of nitriles is 2. The monoisotopic (exact) mass is 134 g/mol. The van der Waals surface area contributed by atoms with Gasteiger partial charge in [0.25, 0.3) is 0 Å². The molecule has 0 atom stereocenters. The van der Waals surface area contributed by atoms with Crippen molar-refractivity contribution in [3.05, 3.63) is 0 Å². The Balaban J connectivity index is -0.0000000400. The first kappa shape index (κ1) is 16.2. The first-order valence-corrected chi connectivity index (χ1v) is 1.67. The van der Waals surface area contributed by atoms with Crippen LogP contribution in [0.2, 0.25) is 0 Å². The molecule has 0 bridgehead atoms. The zero-order valence-electron chi connectivity index (χ0n) is 3.71. The second kappa shape index (κ2) is 54.2. The SMILES string of the molecule is N#C[S-].N#C[S-].[NH4+]. The third-order valence-electron chi connectivity index (χ3n) is 0. The number of quaternary nitrogens is 1. The molecule has 0 unspecified atom stereocenters. The first-order valence-electron chi connectivity index (χ1n) is 0.855. The minimum absolute atomic E-state index is 0. The number of thiocyanates is 2. The van der Waals surface area contributed by atoms with E-state index in [4.69, 9.17) is 10.5 Å². The maximum Gasteiger partial charge on any atom is -0.0797 e. The lowest BCUT2D eigenvalue weighted by atomic mass is 11.8. The van der Waals surface area contributed by atoms with Crippen LogP contribution in [0.15, 0.2) is 0 Å². The van der Waals surface area contributed by atoms with Crippen LogP contribution >= 0.6 is 0 Å². The van der Waals surface area contributed by atoms with E-state index in [-0.39, 0.29) is 6.15 Å². The van der Waals surface area contributed by atoms with Gasteiger partial charge in [-0.3, -0.25) is 0 Å². The van der Waals surface area contributed by atoms with Crippen LogP contribution in [0.5, 0.6) is 0 Å². The maximum atomic E-state index is 7.13. The molecule has 3 nitrogen and oxygen atoms in total. The van der Waals surface area contributed by atoms with Gasteiger partial charge in [0.15, 0.2) is 0 Å². The largest absolute Gasteiger partial charge is 0.696 e. The summed E-state index contributed by atoms with van der Waals surface area (Å²) in [6.07, 6.45) is 0. The molecule has 40 valence electrons. The minimum Gasteiger partial charge on any atom is -0.696 e. The van der Waals surface area contributed by atoms with Crippen molar-refractivity contribution in [1.29, 1.82) is 10.5 Å². The predicted molar refractivity (Wildman–Crippen MR) is 31.9 cm³/mol. The molecular weight excluding hydrogens is 130 g/mol. The second-order valence-corrected chi connectivity index (χ2v) is 0.548. The molecule has 0 saturated carbocycles. The molecular formula is C2H4N3S2-. The Bertz CT molecular complexity index is 65.9. The molecule has 0 aromatic carbocycles. The van der Waals surface area contributed by atoms with E-state index >= 15 is 0 Å². The van der Waals surface area contributed by atoms with Crippen molar-refractivity contribution in [2.24, 2.45) is 0 Å². The second-order valence-electron chi connectivity index (χ2n) is 0.183.